The van der Waals surface area contributed by atoms with Gasteiger partial charge in [0.25, 0.3) is 0 Å². The van der Waals surface area contributed by atoms with Gasteiger partial charge in [-0.05, 0) is 18.9 Å². The highest BCUT2D eigenvalue weighted by molar-refractivity contribution is 8.15. The third-order valence-corrected chi connectivity index (χ3v) is 2.57. The van der Waals surface area contributed by atoms with Crippen LogP contribution in [0.5, 0.6) is 0 Å². The lowest BCUT2D eigenvalue weighted by molar-refractivity contribution is -0.108. The molecule has 0 aromatic rings. The van der Waals surface area contributed by atoms with Gasteiger partial charge in [-0.2, -0.15) is 0 Å². The second-order valence-corrected chi connectivity index (χ2v) is 4.15. The van der Waals surface area contributed by atoms with Crippen molar-refractivity contribution in [1.29, 1.82) is 0 Å². The first kappa shape index (κ1) is 9.60. The molecule has 1 aliphatic heterocycles. The van der Waals surface area contributed by atoms with Crippen LogP contribution in [0.15, 0.2) is 9.39 Å². The number of amides is 1. The van der Waals surface area contributed by atoms with Crippen LogP contribution >= 0.6 is 23.7 Å². The van der Waals surface area contributed by atoms with E-state index in [-0.39, 0.29) is 5.25 Å². The van der Waals surface area contributed by atoms with E-state index in [1.54, 1.807) is 0 Å². The summed E-state index contributed by atoms with van der Waals surface area (Å²) in [6.45, 7) is 2.00. The molecule has 0 aliphatic carbocycles. The maximum absolute atomic E-state index is 10.1. The van der Waals surface area contributed by atoms with E-state index >= 15 is 0 Å². The van der Waals surface area contributed by atoms with E-state index in [0.717, 1.165) is 0 Å². The minimum absolute atomic E-state index is 0.254. The van der Waals surface area contributed by atoms with Crippen molar-refractivity contribution >= 4 is 41.5 Å². The molecule has 0 fully saturated rings. The van der Waals surface area contributed by atoms with Crippen molar-refractivity contribution in [2.45, 2.75) is 12.2 Å². The minimum atomic E-state index is 0.254. The standard InChI is InChI=1S/C6H9N3OS2/c1-5-2-9-11-4-8-6(12-5)7-3-10/h2-3,5H,4H2,1H3,(H,7,8,10). The summed E-state index contributed by atoms with van der Waals surface area (Å²) in [6, 6.07) is 0. The fraction of sp³-hybridized carbons (Fsp3) is 0.500. The Labute approximate surface area is 79.4 Å². The molecule has 0 saturated heterocycles. The van der Waals surface area contributed by atoms with E-state index in [4.69, 9.17) is 0 Å². The molecule has 12 heavy (non-hydrogen) atoms. The predicted octanol–water partition coefficient (Wildman–Crippen LogP) is 0.900. The molecule has 0 bridgehead atoms. The average Bonchev–Trinajstić information content (AvgIpc) is 2.00. The highest BCUT2D eigenvalue weighted by Gasteiger charge is 2.06. The molecule has 1 rings (SSSR count). The zero-order valence-corrected chi connectivity index (χ0v) is 8.19. The third-order valence-electron chi connectivity index (χ3n) is 1.09. The van der Waals surface area contributed by atoms with Crippen LogP contribution in [-0.4, -0.2) is 28.9 Å². The van der Waals surface area contributed by atoms with Crippen LogP contribution in [0.2, 0.25) is 0 Å². The Hall–Kier alpha value is -0.490. The van der Waals surface area contributed by atoms with Gasteiger partial charge in [-0.25, -0.2) is 9.39 Å². The Morgan fingerprint density at radius 1 is 1.83 bits per heavy atom. The van der Waals surface area contributed by atoms with Crippen LogP contribution in [0, 0.1) is 0 Å². The lowest BCUT2D eigenvalue weighted by Crippen LogP contribution is -2.21. The Kier molecular flexibility index (Phi) is 4.16. The first-order valence-electron chi connectivity index (χ1n) is 3.39. The number of nitrogens with one attached hydrogen (secondary N) is 1. The van der Waals surface area contributed by atoms with Crippen LogP contribution in [-0.2, 0) is 4.79 Å². The Morgan fingerprint density at radius 3 is 3.42 bits per heavy atom. The average molecular weight is 203 g/mol. The summed E-state index contributed by atoms with van der Waals surface area (Å²) in [6.07, 6.45) is 2.48. The van der Waals surface area contributed by atoms with Gasteiger partial charge in [-0.1, -0.05) is 11.8 Å². The molecule has 1 unspecified atom stereocenters. The second-order valence-electron chi connectivity index (χ2n) is 2.06. The summed E-state index contributed by atoms with van der Waals surface area (Å²) < 4.78 is 4.05. The number of nitrogens with zero attached hydrogens (tertiary/aromatic N) is 2. The molecule has 1 N–H and O–H groups in total. The summed E-state index contributed by atoms with van der Waals surface area (Å²) in [5, 5.41) is 3.46. The SMILES string of the molecule is CC1C=NSCN=C(NC=O)S1. The monoisotopic (exact) mass is 203 g/mol. The van der Waals surface area contributed by atoms with Crippen LogP contribution in [0.4, 0.5) is 0 Å². The highest BCUT2D eigenvalue weighted by atomic mass is 32.2. The summed E-state index contributed by atoms with van der Waals surface area (Å²) in [7, 11) is 0. The van der Waals surface area contributed by atoms with Crippen molar-refractivity contribution in [1.82, 2.24) is 5.32 Å². The molecule has 1 heterocycles. The molecular weight excluding hydrogens is 194 g/mol. The largest absolute Gasteiger partial charge is 0.308 e. The summed E-state index contributed by atoms with van der Waals surface area (Å²) in [5.41, 5.74) is 0. The normalized spacial score (nSPS) is 23.8. The molecule has 0 aromatic heterocycles. The van der Waals surface area contributed by atoms with Gasteiger partial charge in [0.1, 0.15) is 5.88 Å². The van der Waals surface area contributed by atoms with E-state index < -0.39 is 0 Å². The van der Waals surface area contributed by atoms with Crippen molar-refractivity contribution in [3.05, 3.63) is 0 Å². The summed E-state index contributed by atoms with van der Waals surface area (Å²) in [5.74, 6) is 0.562. The highest BCUT2D eigenvalue weighted by Crippen LogP contribution is 2.15. The lowest BCUT2D eigenvalue weighted by Gasteiger charge is -2.09. The van der Waals surface area contributed by atoms with E-state index in [9.17, 15) is 4.79 Å². The first-order valence-corrected chi connectivity index (χ1v) is 5.22. The molecule has 0 saturated carbocycles. The number of carbonyl (C=O) groups excluding carboxylic acids is 1. The Morgan fingerprint density at radius 2 is 2.67 bits per heavy atom. The van der Waals surface area contributed by atoms with Gasteiger partial charge in [0.05, 0.1) is 0 Å². The maximum Gasteiger partial charge on any atom is 0.213 e. The molecule has 66 valence electrons. The fourth-order valence-electron chi connectivity index (χ4n) is 0.623. The van der Waals surface area contributed by atoms with Gasteiger partial charge >= 0.3 is 0 Å². The number of hydrogen-bond donors (Lipinski definition) is 1. The molecule has 4 nitrogen and oxygen atoms in total. The minimum Gasteiger partial charge on any atom is -0.308 e. The number of aliphatic imine (C=N–C) groups is 1. The molecule has 0 radical (unpaired) electrons. The van der Waals surface area contributed by atoms with Crippen molar-refractivity contribution < 1.29 is 4.79 Å². The van der Waals surface area contributed by atoms with Crippen molar-refractivity contribution in [3.63, 3.8) is 0 Å². The van der Waals surface area contributed by atoms with Crippen molar-refractivity contribution in [2.75, 3.05) is 5.88 Å². The molecule has 6 heteroatoms. The molecule has 1 atom stereocenters. The Bertz CT molecular complexity index is 217. The molecule has 1 aliphatic rings. The van der Waals surface area contributed by atoms with Crippen LogP contribution in [0.1, 0.15) is 6.92 Å². The Balaban J connectivity index is 2.54. The smallest absolute Gasteiger partial charge is 0.213 e. The molecular formula is C6H9N3OS2. The number of carbonyl (C=O) groups is 1. The number of hydrogen-bond acceptors (Lipinski definition) is 5. The zero-order chi connectivity index (χ0) is 8.81. The van der Waals surface area contributed by atoms with Gasteiger partial charge in [0.15, 0.2) is 5.17 Å². The molecule has 0 spiro atoms. The summed E-state index contributed by atoms with van der Waals surface area (Å²) in [4.78, 5) is 14.2. The van der Waals surface area contributed by atoms with E-state index in [1.807, 2.05) is 13.1 Å². The van der Waals surface area contributed by atoms with Crippen molar-refractivity contribution in [3.8, 4) is 0 Å². The van der Waals surface area contributed by atoms with E-state index in [0.29, 0.717) is 17.5 Å². The van der Waals surface area contributed by atoms with Crippen LogP contribution in [0.25, 0.3) is 0 Å². The number of amidine groups is 1. The van der Waals surface area contributed by atoms with E-state index in [1.165, 1.54) is 23.7 Å². The van der Waals surface area contributed by atoms with Gasteiger partial charge < -0.3 is 5.32 Å². The van der Waals surface area contributed by atoms with E-state index in [2.05, 4.69) is 14.7 Å². The van der Waals surface area contributed by atoms with Gasteiger partial charge in [-0.3, -0.25) is 4.79 Å². The summed E-state index contributed by atoms with van der Waals surface area (Å²) >= 11 is 2.87. The van der Waals surface area contributed by atoms with Crippen molar-refractivity contribution in [2.24, 2.45) is 9.39 Å². The quantitative estimate of drug-likeness (QED) is 0.509. The second kappa shape index (κ2) is 5.21. The third kappa shape index (κ3) is 3.27. The fourth-order valence-corrected chi connectivity index (χ4v) is 2.03. The lowest BCUT2D eigenvalue weighted by atomic mass is 10.5. The van der Waals surface area contributed by atoms with Gasteiger partial charge in [-0.15, -0.1) is 0 Å². The van der Waals surface area contributed by atoms with Crippen LogP contribution < -0.4 is 5.32 Å². The first-order chi connectivity index (χ1) is 5.83. The number of thioether (sulfide) groups is 1. The maximum atomic E-state index is 10.1. The number of rotatable bonds is 1. The molecule has 1 amide bonds. The van der Waals surface area contributed by atoms with Gasteiger partial charge in [0, 0.05) is 11.5 Å². The van der Waals surface area contributed by atoms with Crippen LogP contribution in [0.3, 0.4) is 0 Å². The molecule has 0 aromatic carbocycles. The predicted molar refractivity (Wildman–Crippen MR) is 54.6 cm³/mol. The zero-order valence-electron chi connectivity index (χ0n) is 6.56. The van der Waals surface area contributed by atoms with Gasteiger partial charge in [0.2, 0.25) is 6.41 Å². The topological polar surface area (TPSA) is 53.8 Å².